The van der Waals surface area contributed by atoms with Crippen LogP contribution in [0.3, 0.4) is 0 Å². The van der Waals surface area contributed by atoms with Crippen LogP contribution in [0.4, 0.5) is 13.2 Å². The van der Waals surface area contributed by atoms with Gasteiger partial charge >= 0.3 is 6.18 Å². The number of nitrogens with one attached hydrogen (secondary N) is 1. The molecule has 0 radical (unpaired) electrons. The number of amides is 1. The number of aliphatic hydroxyl groups is 2. The van der Waals surface area contributed by atoms with E-state index in [2.05, 4.69) is 5.32 Å². The normalized spacial score (nSPS) is 13.1. The number of aliphatic hydroxyl groups excluding tert-OH is 2. The van der Waals surface area contributed by atoms with Gasteiger partial charge < -0.3 is 15.5 Å². The van der Waals surface area contributed by atoms with Crippen molar-refractivity contribution in [1.29, 1.82) is 0 Å². The third kappa shape index (κ3) is 5.01. The Hall–Kier alpha value is -1.57. The van der Waals surface area contributed by atoms with Crippen LogP contribution in [-0.2, 0) is 4.79 Å². The third-order valence-electron chi connectivity index (χ3n) is 2.86. The molecule has 1 amide bonds. The number of carbonyl (C=O) groups excluding carboxylic acids is 1. The molecule has 22 heavy (non-hydrogen) atoms. The van der Waals surface area contributed by atoms with E-state index < -0.39 is 36.4 Å². The van der Waals surface area contributed by atoms with Crippen molar-refractivity contribution in [2.75, 3.05) is 13.2 Å². The number of hydrogen-bond donors (Lipinski definition) is 3. The van der Waals surface area contributed by atoms with Gasteiger partial charge in [-0.05, 0) is 24.6 Å². The first-order chi connectivity index (χ1) is 10.1. The molecule has 0 aromatic heterocycles. The van der Waals surface area contributed by atoms with E-state index in [4.69, 9.17) is 21.8 Å². The first-order valence-corrected chi connectivity index (χ1v) is 6.58. The number of halogens is 4. The van der Waals surface area contributed by atoms with Gasteiger partial charge in [0.2, 0.25) is 5.91 Å². The number of carbonyl (C=O) groups is 1. The summed E-state index contributed by atoms with van der Waals surface area (Å²) in [4.78, 5) is 11.7. The smallest absolute Gasteiger partial charge is 0.394 e. The summed E-state index contributed by atoms with van der Waals surface area (Å²) in [6.45, 7) is 0.0606. The van der Waals surface area contributed by atoms with Gasteiger partial charge in [-0.1, -0.05) is 23.7 Å². The highest BCUT2D eigenvalue weighted by Crippen LogP contribution is 2.34. The van der Waals surface area contributed by atoms with Crippen LogP contribution in [0.5, 0.6) is 0 Å². The van der Waals surface area contributed by atoms with Gasteiger partial charge in [0.25, 0.3) is 0 Å². The molecule has 8 heteroatoms. The molecule has 1 aromatic carbocycles. The fourth-order valence-electron chi connectivity index (χ4n) is 1.55. The summed E-state index contributed by atoms with van der Waals surface area (Å²) in [5.74, 6) is -1.08. The first-order valence-electron chi connectivity index (χ1n) is 6.20. The zero-order chi connectivity index (χ0) is 17.0. The average Bonchev–Trinajstić information content (AvgIpc) is 2.44. The summed E-state index contributed by atoms with van der Waals surface area (Å²) >= 11 is 5.63. The molecule has 0 saturated heterocycles. The molecular weight excluding hydrogens is 323 g/mol. The van der Waals surface area contributed by atoms with E-state index in [1.165, 1.54) is 19.1 Å². The van der Waals surface area contributed by atoms with Gasteiger partial charge in [0.05, 0.1) is 24.3 Å². The van der Waals surface area contributed by atoms with Crippen LogP contribution in [0.25, 0.3) is 5.57 Å². The summed E-state index contributed by atoms with van der Waals surface area (Å²) in [5.41, 5.74) is -2.79. The van der Waals surface area contributed by atoms with Gasteiger partial charge in [-0.2, -0.15) is 13.2 Å². The fourth-order valence-corrected chi connectivity index (χ4v) is 1.68. The maximum Gasteiger partial charge on any atom is 0.417 e. The molecule has 3 N–H and O–H groups in total. The van der Waals surface area contributed by atoms with Gasteiger partial charge in [-0.3, -0.25) is 4.79 Å². The highest BCUT2D eigenvalue weighted by atomic mass is 35.5. The molecule has 4 nitrogen and oxygen atoms in total. The zero-order valence-corrected chi connectivity index (χ0v) is 12.4. The van der Waals surface area contributed by atoms with Crippen molar-refractivity contribution in [3.05, 3.63) is 40.9 Å². The summed E-state index contributed by atoms with van der Waals surface area (Å²) in [6, 6.07) is 4.85. The fraction of sp³-hybridized carbons (Fsp3) is 0.357. The number of allylic oxidation sites excluding steroid dienone is 1. The summed E-state index contributed by atoms with van der Waals surface area (Å²) in [6.07, 6.45) is -4.37. The van der Waals surface area contributed by atoms with Crippen molar-refractivity contribution in [3.63, 3.8) is 0 Å². The maximum atomic E-state index is 13.1. The van der Waals surface area contributed by atoms with E-state index >= 15 is 0 Å². The maximum absolute atomic E-state index is 13.1. The van der Waals surface area contributed by atoms with Crippen LogP contribution < -0.4 is 5.32 Å². The lowest BCUT2D eigenvalue weighted by atomic mass is 10.0. The Morgan fingerprint density at radius 1 is 1.23 bits per heavy atom. The summed E-state index contributed by atoms with van der Waals surface area (Å²) < 4.78 is 39.2. The highest BCUT2D eigenvalue weighted by molar-refractivity contribution is 6.30. The van der Waals surface area contributed by atoms with E-state index in [9.17, 15) is 18.0 Å². The van der Waals surface area contributed by atoms with Gasteiger partial charge in [0.1, 0.15) is 0 Å². The summed E-state index contributed by atoms with van der Waals surface area (Å²) in [5, 5.41) is 20.5. The van der Waals surface area contributed by atoms with Crippen LogP contribution in [0.2, 0.25) is 5.02 Å². The molecule has 1 aromatic rings. The topological polar surface area (TPSA) is 69.6 Å². The Labute approximate surface area is 130 Å². The molecule has 0 fully saturated rings. The molecule has 0 aliphatic carbocycles. The number of hydrogen-bond acceptors (Lipinski definition) is 3. The minimum atomic E-state index is -4.75. The van der Waals surface area contributed by atoms with E-state index in [1.54, 1.807) is 0 Å². The zero-order valence-electron chi connectivity index (χ0n) is 11.6. The number of alkyl halides is 3. The van der Waals surface area contributed by atoms with E-state index in [-0.39, 0.29) is 10.6 Å². The van der Waals surface area contributed by atoms with Gasteiger partial charge in [0, 0.05) is 11.1 Å². The molecule has 0 bridgehead atoms. The molecular formula is C14H15ClF3NO3. The molecule has 0 unspecified atom stereocenters. The standard InChI is InChI=1S/C14H15ClF3NO3/c1-13(7-20,8-21)19-12(22)6-11(14(16,17)18)9-2-4-10(15)5-3-9/h2-6,20-21H,7-8H2,1H3,(H,19,22)/b11-6-. The lowest BCUT2D eigenvalue weighted by Crippen LogP contribution is -2.51. The van der Waals surface area contributed by atoms with Gasteiger partial charge in [0.15, 0.2) is 0 Å². The second kappa shape index (κ2) is 7.13. The molecule has 0 aliphatic heterocycles. The van der Waals surface area contributed by atoms with Crippen molar-refractivity contribution in [1.82, 2.24) is 5.32 Å². The SMILES string of the molecule is CC(CO)(CO)NC(=O)/C=C(/c1ccc(Cl)cc1)C(F)(F)F. The second-order valence-corrected chi connectivity index (χ2v) is 5.37. The van der Waals surface area contributed by atoms with Crippen LogP contribution in [0.1, 0.15) is 12.5 Å². The van der Waals surface area contributed by atoms with Crippen molar-refractivity contribution in [2.45, 2.75) is 18.6 Å². The van der Waals surface area contributed by atoms with Crippen LogP contribution in [0.15, 0.2) is 30.3 Å². The minimum Gasteiger partial charge on any atom is -0.394 e. The Balaban J connectivity index is 3.12. The predicted molar refractivity (Wildman–Crippen MR) is 76.2 cm³/mol. The van der Waals surface area contributed by atoms with Gasteiger partial charge in [-0.15, -0.1) is 0 Å². The molecule has 0 aliphatic rings. The van der Waals surface area contributed by atoms with Crippen molar-refractivity contribution < 1.29 is 28.2 Å². The van der Waals surface area contributed by atoms with E-state index in [0.717, 1.165) is 12.1 Å². The third-order valence-corrected chi connectivity index (χ3v) is 3.11. The van der Waals surface area contributed by atoms with E-state index in [1.807, 2.05) is 0 Å². The Bertz CT molecular complexity index is 551. The first kappa shape index (κ1) is 18.5. The average molecular weight is 338 g/mol. The monoisotopic (exact) mass is 337 g/mol. The lowest BCUT2D eigenvalue weighted by molar-refractivity contribution is -0.119. The Morgan fingerprint density at radius 2 is 1.73 bits per heavy atom. The quantitative estimate of drug-likeness (QED) is 0.721. The minimum absolute atomic E-state index is 0.221. The number of rotatable bonds is 5. The van der Waals surface area contributed by atoms with Crippen LogP contribution in [0, 0.1) is 0 Å². The molecule has 0 spiro atoms. The van der Waals surface area contributed by atoms with Crippen LogP contribution in [-0.4, -0.2) is 41.0 Å². The lowest BCUT2D eigenvalue weighted by Gasteiger charge is -2.25. The molecule has 0 heterocycles. The van der Waals surface area contributed by atoms with E-state index in [0.29, 0.717) is 6.08 Å². The van der Waals surface area contributed by atoms with Crippen molar-refractivity contribution in [2.24, 2.45) is 0 Å². The highest BCUT2D eigenvalue weighted by Gasteiger charge is 2.36. The largest absolute Gasteiger partial charge is 0.417 e. The molecule has 1 rings (SSSR count). The Morgan fingerprint density at radius 3 is 2.14 bits per heavy atom. The predicted octanol–water partition coefficient (Wildman–Crippen LogP) is 2.15. The summed E-state index contributed by atoms with van der Waals surface area (Å²) in [7, 11) is 0. The van der Waals surface area contributed by atoms with Gasteiger partial charge in [-0.25, -0.2) is 0 Å². The molecule has 0 atom stereocenters. The number of benzene rings is 1. The van der Waals surface area contributed by atoms with Crippen molar-refractivity contribution >= 4 is 23.1 Å². The Kier molecular flexibility index (Phi) is 5.99. The molecule has 122 valence electrons. The second-order valence-electron chi connectivity index (χ2n) is 4.93. The van der Waals surface area contributed by atoms with Crippen LogP contribution >= 0.6 is 11.6 Å². The molecule has 0 saturated carbocycles. The van der Waals surface area contributed by atoms with Crippen molar-refractivity contribution in [3.8, 4) is 0 Å².